The molecule has 3 rings (SSSR count). The fourth-order valence-electron chi connectivity index (χ4n) is 2.34. The van der Waals surface area contributed by atoms with Crippen LogP contribution < -0.4 is 10.6 Å². The first-order valence-corrected chi connectivity index (χ1v) is 10.5. The maximum Gasteiger partial charge on any atom is 0.291 e. The Labute approximate surface area is 159 Å². The summed E-state index contributed by atoms with van der Waals surface area (Å²) in [5, 5.41) is 5.87. The summed E-state index contributed by atoms with van der Waals surface area (Å²) in [5.41, 5.74) is 1.06. The molecular weight excluding hydrogens is 388 g/mol. The second kappa shape index (κ2) is 7.37. The predicted octanol–water partition coefficient (Wildman–Crippen LogP) is 3.56. The van der Waals surface area contributed by atoms with Crippen LogP contribution in [0.15, 0.2) is 58.0 Å². The maximum atomic E-state index is 12.5. The van der Waals surface area contributed by atoms with E-state index in [1.807, 2.05) is 0 Å². The van der Waals surface area contributed by atoms with E-state index in [0.717, 1.165) is 17.6 Å². The normalized spacial score (nSPS) is 11.2. The Bertz CT molecular complexity index is 1100. The second-order valence-corrected chi connectivity index (χ2v) is 8.88. The third-order valence-corrected chi connectivity index (χ3v) is 5.89. The fourth-order valence-corrected chi connectivity index (χ4v) is 3.97. The van der Waals surface area contributed by atoms with Gasteiger partial charge >= 0.3 is 0 Å². The molecule has 27 heavy (non-hydrogen) atoms. The summed E-state index contributed by atoms with van der Waals surface area (Å²) in [7, 11) is -3.37. The third kappa shape index (κ3) is 4.44. The molecule has 1 aromatic carbocycles. The summed E-state index contributed by atoms with van der Waals surface area (Å²) in [6, 6.07) is 10.9. The van der Waals surface area contributed by atoms with Crippen LogP contribution in [0.25, 0.3) is 0 Å². The van der Waals surface area contributed by atoms with Crippen LogP contribution >= 0.6 is 11.3 Å². The Balaban J connectivity index is 1.76. The predicted molar refractivity (Wildman–Crippen MR) is 103 cm³/mol. The molecular formula is C18H16N2O5S2. The largest absolute Gasteiger partial charge is 0.459 e. The number of rotatable bonds is 5. The Kier molecular flexibility index (Phi) is 5.15. The average molecular weight is 404 g/mol. The molecule has 0 aliphatic heterocycles. The quantitative estimate of drug-likeness (QED) is 0.676. The molecule has 2 N–H and O–H groups in total. The molecule has 0 saturated carbocycles. The van der Waals surface area contributed by atoms with Gasteiger partial charge in [-0.25, -0.2) is 8.42 Å². The smallest absolute Gasteiger partial charge is 0.291 e. The van der Waals surface area contributed by atoms with Crippen molar-refractivity contribution < 1.29 is 22.4 Å². The molecule has 0 aliphatic carbocycles. The molecule has 2 amide bonds. The number of amides is 2. The van der Waals surface area contributed by atoms with E-state index in [4.69, 9.17) is 4.42 Å². The summed E-state index contributed by atoms with van der Waals surface area (Å²) >= 11 is 1.12. The van der Waals surface area contributed by atoms with Gasteiger partial charge in [-0.1, -0.05) is 6.07 Å². The highest BCUT2D eigenvalue weighted by molar-refractivity contribution is 7.90. The van der Waals surface area contributed by atoms with E-state index < -0.39 is 15.7 Å². The van der Waals surface area contributed by atoms with Gasteiger partial charge < -0.3 is 15.1 Å². The molecule has 0 spiro atoms. The molecule has 0 fully saturated rings. The molecule has 0 saturated heterocycles. The molecule has 0 bridgehead atoms. The van der Waals surface area contributed by atoms with Gasteiger partial charge in [0.25, 0.3) is 11.8 Å². The Morgan fingerprint density at radius 1 is 1.04 bits per heavy atom. The fraction of sp³-hybridized carbons (Fsp3) is 0.111. The van der Waals surface area contributed by atoms with E-state index >= 15 is 0 Å². The Morgan fingerprint density at radius 2 is 1.81 bits per heavy atom. The first kappa shape index (κ1) is 18.9. The van der Waals surface area contributed by atoms with Crippen LogP contribution in [0.2, 0.25) is 0 Å². The topological polar surface area (TPSA) is 105 Å². The maximum absolute atomic E-state index is 12.5. The van der Waals surface area contributed by atoms with Crippen LogP contribution in [0.5, 0.6) is 0 Å². The lowest BCUT2D eigenvalue weighted by Crippen LogP contribution is -2.12. The highest BCUT2D eigenvalue weighted by Crippen LogP contribution is 2.28. The van der Waals surface area contributed by atoms with Gasteiger partial charge in [0.05, 0.1) is 21.0 Å². The number of carbonyl (C=O) groups excluding carboxylic acids is 2. The van der Waals surface area contributed by atoms with E-state index in [2.05, 4.69) is 10.6 Å². The summed E-state index contributed by atoms with van der Waals surface area (Å²) in [5.74, 6) is -0.625. The van der Waals surface area contributed by atoms with Crippen LogP contribution in [-0.2, 0) is 9.84 Å². The Morgan fingerprint density at radius 3 is 2.48 bits per heavy atom. The number of sulfone groups is 1. The first-order valence-electron chi connectivity index (χ1n) is 7.81. The van der Waals surface area contributed by atoms with Crippen molar-refractivity contribution in [2.24, 2.45) is 0 Å². The van der Waals surface area contributed by atoms with Crippen molar-refractivity contribution in [2.75, 3.05) is 16.9 Å². The molecule has 0 radical (unpaired) electrons. The first-order chi connectivity index (χ1) is 12.7. The SMILES string of the molecule is Cc1cc(NC(=O)c2ccco2)sc1C(=O)Nc1cccc(S(C)(=O)=O)c1. The zero-order valence-corrected chi connectivity index (χ0v) is 16.1. The third-order valence-electron chi connectivity index (χ3n) is 3.63. The molecule has 0 unspecified atom stereocenters. The van der Waals surface area contributed by atoms with Gasteiger partial charge in [0.2, 0.25) is 0 Å². The number of aryl methyl sites for hydroxylation is 1. The number of anilines is 2. The van der Waals surface area contributed by atoms with Gasteiger partial charge in [-0.2, -0.15) is 0 Å². The van der Waals surface area contributed by atoms with E-state index in [-0.39, 0.29) is 16.6 Å². The average Bonchev–Trinajstić information content (AvgIpc) is 3.24. The van der Waals surface area contributed by atoms with E-state index in [1.165, 1.54) is 24.5 Å². The number of hydrogen-bond acceptors (Lipinski definition) is 6. The zero-order valence-electron chi connectivity index (χ0n) is 14.5. The van der Waals surface area contributed by atoms with Crippen molar-refractivity contribution in [1.82, 2.24) is 0 Å². The van der Waals surface area contributed by atoms with Crippen molar-refractivity contribution in [3.8, 4) is 0 Å². The lowest BCUT2D eigenvalue weighted by molar-refractivity contribution is 0.0995. The van der Waals surface area contributed by atoms with E-state index in [1.54, 1.807) is 31.2 Å². The van der Waals surface area contributed by atoms with Crippen molar-refractivity contribution in [1.29, 1.82) is 0 Å². The van der Waals surface area contributed by atoms with Crippen LogP contribution in [0.4, 0.5) is 10.7 Å². The van der Waals surface area contributed by atoms with Crippen molar-refractivity contribution in [2.45, 2.75) is 11.8 Å². The molecule has 9 heteroatoms. The molecule has 7 nitrogen and oxygen atoms in total. The second-order valence-electron chi connectivity index (χ2n) is 5.81. The van der Waals surface area contributed by atoms with Crippen LogP contribution in [-0.4, -0.2) is 26.5 Å². The monoisotopic (exact) mass is 404 g/mol. The highest BCUT2D eigenvalue weighted by atomic mass is 32.2. The molecule has 140 valence electrons. The summed E-state index contributed by atoms with van der Waals surface area (Å²) < 4.78 is 28.3. The van der Waals surface area contributed by atoms with Crippen LogP contribution in [0.3, 0.4) is 0 Å². The van der Waals surface area contributed by atoms with Gasteiger partial charge in [-0.05, 0) is 48.9 Å². The van der Waals surface area contributed by atoms with Gasteiger partial charge in [0.1, 0.15) is 0 Å². The minimum Gasteiger partial charge on any atom is -0.459 e. The lowest BCUT2D eigenvalue weighted by atomic mass is 10.2. The van der Waals surface area contributed by atoms with Gasteiger partial charge in [-0.3, -0.25) is 9.59 Å². The van der Waals surface area contributed by atoms with Crippen molar-refractivity contribution in [3.05, 3.63) is 64.9 Å². The summed E-state index contributed by atoms with van der Waals surface area (Å²) in [6.07, 6.45) is 2.50. The van der Waals surface area contributed by atoms with Gasteiger partial charge in [0.15, 0.2) is 15.6 Å². The van der Waals surface area contributed by atoms with Gasteiger partial charge in [-0.15, -0.1) is 11.3 Å². The standard InChI is InChI=1S/C18H16N2O5S2/c1-11-9-15(20-17(21)14-7-4-8-25-14)26-16(11)18(22)19-12-5-3-6-13(10-12)27(2,23)24/h3-10H,1-2H3,(H,19,22)(H,20,21). The molecule has 0 atom stereocenters. The zero-order chi connectivity index (χ0) is 19.6. The number of hydrogen-bond donors (Lipinski definition) is 2. The number of nitrogens with one attached hydrogen (secondary N) is 2. The van der Waals surface area contributed by atoms with Gasteiger partial charge in [0, 0.05) is 11.9 Å². The number of thiophene rings is 1. The molecule has 3 aromatic rings. The van der Waals surface area contributed by atoms with Crippen molar-refractivity contribution in [3.63, 3.8) is 0 Å². The van der Waals surface area contributed by atoms with Crippen LogP contribution in [0, 0.1) is 6.92 Å². The number of carbonyl (C=O) groups is 2. The molecule has 2 heterocycles. The Hall–Kier alpha value is -2.91. The molecule has 0 aliphatic rings. The lowest BCUT2D eigenvalue weighted by Gasteiger charge is -2.06. The highest BCUT2D eigenvalue weighted by Gasteiger charge is 2.17. The van der Waals surface area contributed by atoms with Crippen molar-refractivity contribution >= 4 is 43.7 Å². The molecule has 2 aromatic heterocycles. The number of furan rings is 1. The van der Waals surface area contributed by atoms with E-state index in [9.17, 15) is 18.0 Å². The summed E-state index contributed by atoms with van der Waals surface area (Å²) in [4.78, 5) is 25.1. The van der Waals surface area contributed by atoms with E-state index in [0.29, 0.717) is 21.1 Å². The number of benzene rings is 1. The minimum atomic E-state index is -3.37. The van der Waals surface area contributed by atoms with Crippen LogP contribution in [0.1, 0.15) is 25.8 Å². The minimum absolute atomic E-state index is 0.120. The summed E-state index contributed by atoms with van der Waals surface area (Å²) in [6.45, 7) is 1.75.